The van der Waals surface area contributed by atoms with E-state index in [1.165, 1.54) is 44.1 Å². The average molecular weight is 399 g/mol. The highest BCUT2D eigenvalue weighted by Gasteiger charge is 2.61. The molecule has 9 atom stereocenters. The molecule has 0 aliphatic heterocycles. The number of fused-ring (bicyclic) bond motifs is 5. The van der Waals surface area contributed by atoms with E-state index in [4.69, 9.17) is 4.74 Å². The number of rotatable bonds is 3. The van der Waals surface area contributed by atoms with Gasteiger partial charge in [0.1, 0.15) is 0 Å². The van der Waals surface area contributed by atoms with Crippen LogP contribution in [0.1, 0.15) is 70.8 Å². The van der Waals surface area contributed by atoms with Crippen molar-refractivity contribution in [3.63, 3.8) is 0 Å². The van der Waals surface area contributed by atoms with Crippen molar-refractivity contribution in [1.29, 1.82) is 0 Å². The highest BCUT2D eigenvalue weighted by molar-refractivity contribution is 5.14. The van der Waals surface area contributed by atoms with E-state index < -0.39 is 12.2 Å². The Hall–Kier alpha value is -0.900. The van der Waals surface area contributed by atoms with Gasteiger partial charge in [0.25, 0.3) is 0 Å². The van der Waals surface area contributed by atoms with E-state index in [0.717, 1.165) is 31.3 Å². The lowest BCUT2D eigenvalue weighted by atomic mass is 9.45. The molecule has 1 unspecified atom stereocenters. The predicted octanol–water partition coefficient (Wildman–Crippen LogP) is 4.95. The standard InChI is InChI=1S/C26H38O3/c1-25-13-12-21-19(9-8-18-14-22(27)23(28)15-26(18,21)2)20(25)10-11-24(25)29-16-17-6-4-3-5-7-17/h3-7,18-24,27-28H,8-16H2,1-2H3/t18-,19?,20-,21-,22+,23-,24-,25-,26-/m0/s1. The SMILES string of the molecule is C[C@]12C[C@H](O)[C@H](O)C[C@@H]1CCC1[C@@H]2CC[C@]2(C)[C@@H](OCc3ccccc3)CC[C@@H]12. The van der Waals surface area contributed by atoms with Crippen LogP contribution in [-0.4, -0.2) is 28.5 Å². The fourth-order valence-electron chi connectivity index (χ4n) is 8.27. The van der Waals surface area contributed by atoms with E-state index in [9.17, 15) is 10.2 Å². The third kappa shape index (κ3) is 3.20. The van der Waals surface area contributed by atoms with Crippen molar-refractivity contribution in [2.75, 3.05) is 0 Å². The van der Waals surface area contributed by atoms with E-state index in [1.54, 1.807) is 0 Å². The van der Waals surface area contributed by atoms with Gasteiger partial charge in [-0.1, -0.05) is 44.2 Å². The lowest BCUT2D eigenvalue weighted by molar-refractivity contribution is -0.167. The van der Waals surface area contributed by atoms with Crippen LogP contribution in [-0.2, 0) is 11.3 Å². The van der Waals surface area contributed by atoms with Gasteiger partial charge in [0.15, 0.2) is 0 Å². The number of aliphatic hydroxyl groups is 2. The van der Waals surface area contributed by atoms with Crippen molar-refractivity contribution in [1.82, 2.24) is 0 Å². The van der Waals surface area contributed by atoms with Gasteiger partial charge in [0.05, 0.1) is 24.9 Å². The molecule has 3 heteroatoms. The van der Waals surface area contributed by atoms with Gasteiger partial charge in [0.2, 0.25) is 0 Å². The molecule has 4 aliphatic rings. The van der Waals surface area contributed by atoms with Gasteiger partial charge in [-0.2, -0.15) is 0 Å². The molecular weight excluding hydrogens is 360 g/mol. The van der Waals surface area contributed by atoms with E-state index in [-0.39, 0.29) is 5.41 Å². The summed E-state index contributed by atoms with van der Waals surface area (Å²) in [7, 11) is 0. The smallest absolute Gasteiger partial charge is 0.0804 e. The van der Waals surface area contributed by atoms with Gasteiger partial charge in [-0.3, -0.25) is 0 Å². The Kier molecular flexibility index (Phi) is 5.08. The first-order valence-corrected chi connectivity index (χ1v) is 11.9. The van der Waals surface area contributed by atoms with Crippen molar-refractivity contribution < 1.29 is 14.9 Å². The molecule has 0 amide bonds. The fraction of sp³-hybridized carbons (Fsp3) is 0.769. The van der Waals surface area contributed by atoms with E-state index in [1.807, 2.05) is 0 Å². The van der Waals surface area contributed by atoms with Crippen LogP contribution in [0.2, 0.25) is 0 Å². The molecule has 0 radical (unpaired) electrons. The van der Waals surface area contributed by atoms with Crippen LogP contribution in [0.25, 0.3) is 0 Å². The van der Waals surface area contributed by atoms with Crippen LogP contribution in [0.5, 0.6) is 0 Å². The largest absolute Gasteiger partial charge is 0.390 e. The summed E-state index contributed by atoms with van der Waals surface area (Å²) >= 11 is 0. The minimum Gasteiger partial charge on any atom is -0.390 e. The summed E-state index contributed by atoms with van der Waals surface area (Å²) in [5.41, 5.74) is 1.77. The highest BCUT2D eigenvalue weighted by atomic mass is 16.5. The van der Waals surface area contributed by atoms with Crippen LogP contribution >= 0.6 is 0 Å². The molecule has 1 aromatic rings. The number of hydrogen-bond donors (Lipinski definition) is 2. The van der Waals surface area contributed by atoms with Crippen LogP contribution < -0.4 is 0 Å². The van der Waals surface area contributed by atoms with Crippen LogP contribution in [0.3, 0.4) is 0 Å². The Morgan fingerprint density at radius 3 is 2.45 bits per heavy atom. The van der Waals surface area contributed by atoms with Crippen molar-refractivity contribution in [3.8, 4) is 0 Å². The number of hydrogen-bond acceptors (Lipinski definition) is 3. The average Bonchev–Trinajstić information content (AvgIpc) is 3.05. The molecule has 5 rings (SSSR count). The lowest BCUT2D eigenvalue weighted by Crippen LogP contribution is -2.57. The maximum atomic E-state index is 10.5. The molecule has 2 N–H and O–H groups in total. The highest BCUT2D eigenvalue weighted by Crippen LogP contribution is 2.66. The van der Waals surface area contributed by atoms with E-state index >= 15 is 0 Å². The van der Waals surface area contributed by atoms with E-state index in [0.29, 0.717) is 23.4 Å². The Morgan fingerprint density at radius 1 is 0.897 bits per heavy atom. The summed E-state index contributed by atoms with van der Waals surface area (Å²) in [5.74, 6) is 2.80. The molecule has 1 aromatic carbocycles. The fourth-order valence-corrected chi connectivity index (χ4v) is 8.27. The summed E-state index contributed by atoms with van der Waals surface area (Å²) < 4.78 is 6.53. The zero-order chi connectivity index (χ0) is 20.2. The first kappa shape index (κ1) is 20.0. The topological polar surface area (TPSA) is 49.7 Å². The molecule has 0 aromatic heterocycles. The van der Waals surface area contributed by atoms with Gasteiger partial charge >= 0.3 is 0 Å². The van der Waals surface area contributed by atoms with Crippen molar-refractivity contribution >= 4 is 0 Å². The summed E-state index contributed by atoms with van der Waals surface area (Å²) in [6, 6.07) is 10.6. The van der Waals surface area contributed by atoms with Gasteiger partial charge < -0.3 is 14.9 Å². The minimum atomic E-state index is -0.533. The maximum absolute atomic E-state index is 10.5. The van der Waals surface area contributed by atoms with Crippen molar-refractivity contribution in [3.05, 3.63) is 35.9 Å². The van der Waals surface area contributed by atoms with Gasteiger partial charge in [-0.25, -0.2) is 0 Å². The third-order valence-electron chi connectivity index (χ3n) is 9.89. The minimum absolute atomic E-state index is 0.200. The molecule has 0 heterocycles. The number of benzene rings is 1. The summed E-state index contributed by atoms with van der Waals surface area (Å²) in [6.45, 7) is 5.67. The second-order valence-corrected chi connectivity index (χ2v) is 11.1. The molecule has 160 valence electrons. The Balaban J connectivity index is 1.32. The molecule has 3 nitrogen and oxygen atoms in total. The van der Waals surface area contributed by atoms with Gasteiger partial charge in [0, 0.05) is 0 Å². The first-order valence-electron chi connectivity index (χ1n) is 11.9. The monoisotopic (exact) mass is 398 g/mol. The molecular formula is C26H38O3. The molecule has 4 aliphatic carbocycles. The normalized spacial score (nSPS) is 49.2. The van der Waals surface area contributed by atoms with Gasteiger partial charge in [-0.15, -0.1) is 0 Å². The maximum Gasteiger partial charge on any atom is 0.0804 e. The lowest BCUT2D eigenvalue weighted by Gasteiger charge is -2.61. The summed E-state index contributed by atoms with van der Waals surface area (Å²) in [4.78, 5) is 0. The van der Waals surface area contributed by atoms with Crippen LogP contribution in [0, 0.1) is 34.5 Å². The molecule has 4 saturated carbocycles. The number of ether oxygens (including phenoxy) is 1. The molecule has 0 bridgehead atoms. The third-order valence-corrected chi connectivity index (χ3v) is 9.89. The second-order valence-electron chi connectivity index (χ2n) is 11.1. The summed E-state index contributed by atoms with van der Waals surface area (Å²) in [5, 5.41) is 20.7. The second kappa shape index (κ2) is 7.35. The Bertz CT molecular complexity index is 720. The zero-order valence-corrected chi connectivity index (χ0v) is 18.1. The van der Waals surface area contributed by atoms with Crippen LogP contribution in [0.15, 0.2) is 30.3 Å². The quantitative estimate of drug-likeness (QED) is 0.758. The summed E-state index contributed by atoms with van der Waals surface area (Å²) in [6.07, 6.45) is 8.44. The Labute approximate surface area is 175 Å². The van der Waals surface area contributed by atoms with Gasteiger partial charge in [-0.05, 0) is 91.4 Å². The van der Waals surface area contributed by atoms with E-state index in [2.05, 4.69) is 44.2 Å². The zero-order valence-electron chi connectivity index (χ0n) is 18.1. The van der Waals surface area contributed by atoms with Crippen molar-refractivity contribution in [2.45, 2.75) is 90.1 Å². The molecule has 4 fully saturated rings. The Morgan fingerprint density at radius 2 is 1.66 bits per heavy atom. The molecule has 29 heavy (non-hydrogen) atoms. The van der Waals surface area contributed by atoms with Crippen LogP contribution in [0.4, 0.5) is 0 Å². The number of aliphatic hydroxyl groups excluding tert-OH is 2. The first-order chi connectivity index (χ1) is 13.9. The molecule has 0 saturated heterocycles. The van der Waals surface area contributed by atoms with Crippen molar-refractivity contribution in [2.24, 2.45) is 34.5 Å². The predicted molar refractivity (Wildman–Crippen MR) is 114 cm³/mol. The molecule has 0 spiro atoms.